The molecule has 0 radical (unpaired) electrons. The van der Waals surface area contributed by atoms with E-state index < -0.39 is 22.9 Å². The van der Waals surface area contributed by atoms with E-state index in [9.17, 15) is 19.7 Å². The van der Waals surface area contributed by atoms with Gasteiger partial charge in [-0.05, 0) is 37.4 Å². The van der Waals surface area contributed by atoms with Gasteiger partial charge in [0.2, 0.25) is 0 Å². The van der Waals surface area contributed by atoms with Gasteiger partial charge in [-0.25, -0.2) is 4.79 Å². The summed E-state index contributed by atoms with van der Waals surface area (Å²) in [6.07, 6.45) is 0.709. The Balaban J connectivity index is 2.07. The molecule has 0 heterocycles. The highest BCUT2D eigenvalue weighted by Crippen LogP contribution is 2.27. The number of carbonyl (C=O) groups is 2. The number of amides is 1. The van der Waals surface area contributed by atoms with Crippen molar-refractivity contribution in [3.63, 3.8) is 0 Å². The molecule has 142 valence electrons. The van der Waals surface area contributed by atoms with Crippen LogP contribution in [0.25, 0.3) is 0 Å². The van der Waals surface area contributed by atoms with Crippen LogP contribution in [0.3, 0.4) is 0 Å². The van der Waals surface area contributed by atoms with Crippen molar-refractivity contribution < 1.29 is 19.2 Å². The van der Waals surface area contributed by atoms with Crippen molar-refractivity contribution in [3.05, 3.63) is 62.1 Å². The Labute approximate surface area is 169 Å². The van der Waals surface area contributed by atoms with E-state index in [1.807, 2.05) is 6.26 Å². The SMILES string of the molecule is CSc1ccc(Cl)c(C(=O)OC(C)C(=O)Nc2ccc([N+](=O)[O-])cc2Cl)c1. The summed E-state index contributed by atoms with van der Waals surface area (Å²) >= 11 is 13.4. The molecule has 0 aliphatic heterocycles. The predicted octanol–water partition coefficient (Wildman–Crippen LogP) is 4.81. The molecular formula is C17H14Cl2N2O5S. The summed E-state index contributed by atoms with van der Waals surface area (Å²) in [6.45, 7) is 1.39. The van der Waals surface area contributed by atoms with Gasteiger partial charge in [0.25, 0.3) is 11.6 Å². The third-order valence-electron chi connectivity index (χ3n) is 3.47. The van der Waals surface area contributed by atoms with Gasteiger partial charge in [0.05, 0.1) is 26.2 Å². The summed E-state index contributed by atoms with van der Waals surface area (Å²) in [5.41, 5.74) is 0.106. The maximum atomic E-state index is 12.3. The quantitative estimate of drug-likeness (QED) is 0.306. The molecule has 0 spiro atoms. The standard InChI is InChI=1S/C17H14Cl2N2O5S/c1-9(26-17(23)12-8-11(27-2)4-5-13(12)18)16(22)20-15-6-3-10(21(24)25)7-14(15)19/h3-9H,1-2H3,(H,20,22). The van der Waals surface area contributed by atoms with E-state index in [0.29, 0.717) is 0 Å². The molecule has 0 bridgehead atoms. The first kappa shape index (κ1) is 21.0. The summed E-state index contributed by atoms with van der Waals surface area (Å²) in [5.74, 6) is -1.38. The van der Waals surface area contributed by atoms with E-state index in [2.05, 4.69) is 5.32 Å². The zero-order chi connectivity index (χ0) is 20.1. The monoisotopic (exact) mass is 428 g/mol. The topological polar surface area (TPSA) is 98.5 Å². The van der Waals surface area contributed by atoms with Crippen molar-refractivity contribution in [1.82, 2.24) is 0 Å². The van der Waals surface area contributed by atoms with Crippen molar-refractivity contribution in [2.24, 2.45) is 0 Å². The van der Waals surface area contributed by atoms with Gasteiger partial charge in [-0.3, -0.25) is 14.9 Å². The highest BCUT2D eigenvalue weighted by Gasteiger charge is 2.22. The number of benzene rings is 2. The molecule has 1 amide bonds. The molecule has 7 nitrogen and oxygen atoms in total. The molecule has 0 aromatic heterocycles. The number of rotatable bonds is 6. The predicted molar refractivity (Wildman–Crippen MR) is 105 cm³/mol. The van der Waals surface area contributed by atoms with Crippen LogP contribution in [0.15, 0.2) is 41.3 Å². The molecule has 0 saturated carbocycles. The van der Waals surface area contributed by atoms with E-state index in [-0.39, 0.29) is 27.0 Å². The summed E-state index contributed by atoms with van der Waals surface area (Å²) in [4.78, 5) is 35.5. The number of carbonyl (C=O) groups excluding carboxylic acids is 2. The number of non-ortho nitro benzene ring substituents is 1. The Morgan fingerprint density at radius 1 is 1.19 bits per heavy atom. The number of nitrogens with zero attached hydrogens (tertiary/aromatic N) is 1. The minimum Gasteiger partial charge on any atom is -0.449 e. The lowest BCUT2D eigenvalue weighted by molar-refractivity contribution is -0.384. The summed E-state index contributed by atoms with van der Waals surface area (Å²) in [6, 6.07) is 8.52. The van der Waals surface area contributed by atoms with Gasteiger partial charge in [-0.1, -0.05) is 23.2 Å². The fraction of sp³-hybridized carbons (Fsp3) is 0.176. The van der Waals surface area contributed by atoms with E-state index >= 15 is 0 Å². The number of hydrogen-bond acceptors (Lipinski definition) is 6. The zero-order valence-electron chi connectivity index (χ0n) is 14.2. The van der Waals surface area contributed by atoms with Gasteiger partial charge in [0.15, 0.2) is 6.10 Å². The number of hydrogen-bond donors (Lipinski definition) is 1. The summed E-state index contributed by atoms with van der Waals surface area (Å²) < 4.78 is 5.16. The lowest BCUT2D eigenvalue weighted by Crippen LogP contribution is -2.30. The maximum absolute atomic E-state index is 12.3. The van der Waals surface area contributed by atoms with Crippen LogP contribution >= 0.6 is 35.0 Å². The maximum Gasteiger partial charge on any atom is 0.340 e. The number of esters is 1. The molecule has 1 unspecified atom stereocenters. The second-order valence-electron chi connectivity index (χ2n) is 5.30. The van der Waals surface area contributed by atoms with Crippen LogP contribution in [-0.4, -0.2) is 29.2 Å². The van der Waals surface area contributed by atoms with Crippen molar-refractivity contribution in [2.45, 2.75) is 17.9 Å². The first-order valence-corrected chi connectivity index (χ1v) is 9.50. The van der Waals surface area contributed by atoms with E-state index in [4.69, 9.17) is 27.9 Å². The molecule has 0 aliphatic rings. The van der Waals surface area contributed by atoms with E-state index in [0.717, 1.165) is 11.0 Å². The van der Waals surface area contributed by atoms with Gasteiger partial charge in [0, 0.05) is 17.0 Å². The molecule has 1 atom stereocenters. The Hall–Kier alpha value is -2.29. The molecule has 27 heavy (non-hydrogen) atoms. The summed E-state index contributed by atoms with van der Waals surface area (Å²) in [7, 11) is 0. The molecule has 2 aromatic rings. The van der Waals surface area contributed by atoms with Crippen LogP contribution < -0.4 is 5.32 Å². The Bertz CT molecular complexity index is 907. The lowest BCUT2D eigenvalue weighted by atomic mass is 10.2. The number of nitrogens with one attached hydrogen (secondary N) is 1. The summed E-state index contributed by atoms with van der Waals surface area (Å²) in [5, 5.41) is 13.4. The third kappa shape index (κ3) is 5.35. The molecule has 0 fully saturated rings. The normalized spacial score (nSPS) is 11.6. The van der Waals surface area contributed by atoms with Crippen LogP contribution in [0.5, 0.6) is 0 Å². The van der Waals surface area contributed by atoms with Gasteiger partial charge in [-0.2, -0.15) is 0 Å². The van der Waals surface area contributed by atoms with Crippen LogP contribution in [0.2, 0.25) is 10.0 Å². The van der Waals surface area contributed by atoms with Gasteiger partial charge >= 0.3 is 5.97 Å². The third-order valence-corrected chi connectivity index (χ3v) is 4.84. The lowest BCUT2D eigenvalue weighted by Gasteiger charge is -2.15. The van der Waals surface area contributed by atoms with Crippen LogP contribution in [0, 0.1) is 10.1 Å². The zero-order valence-corrected chi connectivity index (χ0v) is 16.5. The second-order valence-corrected chi connectivity index (χ2v) is 7.00. The molecule has 10 heteroatoms. The van der Waals surface area contributed by atoms with Gasteiger partial charge in [0.1, 0.15) is 0 Å². The first-order valence-electron chi connectivity index (χ1n) is 7.52. The number of halogens is 2. The largest absolute Gasteiger partial charge is 0.449 e. The minimum absolute atomic E-state index is 0.00760. The van der Waals surface area contributed by atoms with Gasteiger partial charge < -0.3 is 10.1 Å². The first-order chi connectivity index (χ1) is 12.7. The Kier molecular flexibility index (Phi) is 7.06. The molecule has 1 N–H and O–H groups in total. The average Bonchev–Trinajstić information content (AvgIpc) is 2.63. The number of nitro benzene ring substituents is 1. The van der Waals surface area contributed by atoms with Crippen molar-refractivity contribution in [1.29, 1.82) is 0 Å². The molecule has 0 saturated heterocycles. The number of anilines is 1. The van der Waals surface area contributed by atoms with Crippen molar-refractivity contribution in [2.75, 3.05) is 11.6 Å². The van der Waals surface area contributed by atoms with Crippen molar-refractivity contribution in [3.8, 4) is 0 Å². The van der Waals surface area contributed by atoms with Crippen LogP contribution in [0.1, 0.15) is 17.3 Å². The fourth-order valence-electron chi connectivity index (χ4n) is 2.02. The highest BCUT2D eigenvalue weighted by molar-refractivity contribution is 7.98. The van der Waals surface area contributed by atoms with Gasteiger partial charge in [-0.15, -0.1) is 11.8 Å². The minimum atomic E-state index is -1.14. The smallest absolute Gasteiger partial charge is 0.340 e. The number of ether oxygens (including phenoxy) is 1. The molecule has 2 rings (SSSR count). The highest BCUT2D eigenvalue weighted by atomic mass is 35.5. The Morgan fingerprint density at radius 3 is 2.48 bits per heavy atom. The average molecular weight is 429 g/mol. The second kappa shape index (κ2) is 9.07. The van der Waals surface area contributed by atoms with E-state index in [1.54, 1.807) is 18.2 Å². The fourth-order valence-corrected chi connectivity index (χ4v) is 2.88. The Morgan fingerprint density at radius 2 is 1.89 bits per heavy atom. The van der Waals surface area contributed by atoms with Crippen LogP contribution in [-0.2, 0) is 9.53 Å². The number of thioether (sulfide) groups is 1. The molecule has 2 aromatic carbocycles. The van der Waals surface area contributed by atoms with Crippen LogP contribution in [0.4, 0.5) is 11.4 Å². The molecule has 0 aliphatic carbocycles. The molecular weight excluding hydrogens is 415 g/mol. The number of nitro groups is 1. The van der Waals surface area contributed by atoms with Crippen molar-refractivity contribution >= 4 is 58.2 Å². The van der Waals surface area contributed by atoms with E-state index in [1.165, 1.54) is 30.8 Å².